The molecule has 5 aromatic carbocycles. The lowest BCUT2D eigenvalue weighted by molar-refractivity contribution is 0.282. The molecular formula is C33H31NOP2. The lowest BCUT2D eigenvalue weighted by Gasteiger charge is -2.34. The summed E-state index contributed by atoms with van der Waals surface area (Å²) in [4.78, 5) is 2.55. The second-order valence-electron chi connectivity index (χ2n) is 8.85. The molecule has 0 aliphatic heterocycles. The van der Waals surface area contributed by atoms with Gasteiger partial charge in [-0.3, -0.25) is 0 Å². The molecule has 4 heteroatoms. The van der Waals surface area contributed by atoms with Gasteiger partial charge in [-0.1, -0.05) is 133 Å². The van der Waals surface area contributed by atoms with Gasteiger partial charge >= 0.3 is 0 Å². The Morgan fingerprint density at radius 2 is 0.838 bits per heavy atom. The fraction of sp³-hybridized carbons (Fsp3) is 0.0909. The van der Waals surface area contributed by atoms with E-state index >= 15 is 0 Å². The summed E-state index contributed by atoms with van der Waals surface area (Å²) in [5, 5.41) is 15.4. The maximum atomic E-state index is 9.91. The van der Waals surface area contributed by atoms with Crippen LogP contribution < -0.4 is 26.1 Å². The summed E-state index contributed by atoms with van der Waals surface area (Å²) in [6, 6.07) is 52.0. The zero-order chi connectivity index (χ0) is 25.3. The van der Waals surface area contributed by atoms with E-state index in [-0.39, 0.29) is 6.61 Å². The third-order valence-electron chi connectivity index (χ3n) is 6.35. The van der Waals surface area contributed by atoms with Gasteiger partial charge in [-0.15, -0.1) is 0 Å². The van der Waals surface area contributed by atoms with Crippen molar-refractivity contribution >= 4 is 42.7 Å². The number of nitrogens with zero attached hydrogens (tertiary/aromatic N) is 1. The lowest BCUT2D eigenvalue weighted by atomic mass is 10.2. The minimum absolute atomic E-state index is 0.0416. The van der Waals surface area contributed by atoms with Gasteiger partial charge in [0.1, 0.15) is 0 Å². The van der Waals surface area contributed by atoms with Gasteiger partial charge in [-0.2, -0.15) is 0 Å². The molecule has 5 rings (SSSR count). The fourth-order valence-electron chi connectivity index (χ4n) is 4.46. The van der Waals surface area contributed by atoms with Crippen LogP contribution >= 0.6 is 15.8 Å². The van der Waals surface area contributed by atoms with Crippen molar-refractivity contribution in [3.63, 3.8) is 0 Å². The molecule has 0 atom stereocenters. The summed E-state index contributed by atoms with van der Waals surface area (Å²) in [5.74, 6) is 0. The summed E-state index contributed by atoms with van der Waals surface area (Å²) in [5.41, 5.74) is 2.10. The van der Waals surface area contributed by atoms with E-state index in [2.05, 4.69) is 144 Å². The van der Waals surface area contributed by atoms with E-state index in [0.717, 1.165) is 23.8 Å². The van der Waals surface area contributed by atoms with Gasteiger partial charge in [0.05, 0.1) is 6.61 Å². The van der Waals surface area contributed by atoms with Crippen molar-refractivity contribution in [2.24, 2.45) is 0 Å². The number of aliphatic hydroxyl groups is 1. The molecule has 37 heavy (non-hydrogen) atoms. The standard InChI is InChI=1S/C33H31NOP2/c35-25-28-14-13-15-29(24-28)34(26-36(30-16-5-1-6-17-30)31-18-7-2-8-19-31)27-37(32-20-9-3-10-21-32)33-22-11-4-12-23-33/h1-24,35H,25-27H2. The normalized spacial score (nSPS) is 11.1. The van der Waals surface area contributed by atoms with Crippen LogP contribution in [0, 0.1) is 0 Å². The topological polar surface area (TPSA) is 23.5 Å². The highest BCUT2D eigenvalue weighted by Crippen LogP contribution is 2.41. The maximum Gasteiger partial charge on any atom is 0.0682 e. The molecule has 0 unspecified atom stereocenters. The van der Waals surface area contributed by atoms with E-state index < -0.39 is 15.8 Å². The third kappa shape index (κ3) is 6.54. The molecule has 2 nitrogen and oxygen atoms in total. The molecule has 0 saturated heterocycles. The molecular weight excluding hydrogens is 488 g/mol. The molecule has 1 N–H and O–H groups in total. The Bertz CT molecular complexity index is 1200. The van der Waals surface area contributed by atoms with Crippen molar-refractivity contribution in [3.8, 4) is 0 Å². The number of anilines is 1. The van der Waals surface area contributed by atoms with Gasteiger partial charge in [0.2, 0.25) is 0 Å². The van der Waals surface area contributed by atoms with Crippen LogP contribution in [0.15, 0.2) is 146 Å². The van der Waals surface area contributed by atoms with E-state index in [1.807, 2.05) is 6.07 Å². The van der Waals surface area contributed by atoms with Crippen molar-refractivity contribution < 1.29 is 5.11 Å². The number of aliphatic hydroxyl groups excluding tert-OH is 1. The Labute approximate surface area is 222 Å². The molecule has 0 aromatic heterocycles. The molecule has 0 radical (unpaired) electrons. The summed E-state index contributed by atoms with van der Waals surface area (Å²) in [6.07, 6.45) is 1.80. The number of rotatable bonds is 10. The van der Waals surface area contributed by atoms with Crippen molar-refractivity contribution in [3.05, 3.63) is 151 Å². The number of benzene rings is 5. The van der Waals surface area contributed by atoms with Gasteiger partial charge in [-0.05, 0) is 54.8 Å². The van der Waals surface area contributed by atoms with Crippen molar-refractivity contribution in [2.45, 2.75) is 6.61 Å². The van der Waals surface area contributed by atoms with E-state index in [0.29, 0.717) is 0 Å². The first-order valence-corrected chi connectivity index (χ1v) is 15.6. The molecule has 0 bridgehead atoms. The summed E-state index contributed by atoms with van der Waals surface area (Å²) >= 11 is 0. The first-order chi connectivity index (χ1) is 18.3. The summed E-state index contributed by atoms with van der Waals surface area (Å²) in [7, 11) is -1.24. The van der Waals surface area contributed by atoms with Gasteiger partial charge in [-0.25, -0.2) is 0 Å². The average molecular weight is 520 g/mol. The smallest absolute Gasteiger partial charge is 0.0682 e. The molecule has 0 amide bonds. The quantitative estimate of drug-likeness (QED) is 0.223. The first kappa shape index (κ1) is 25.4. The van der Waals surface area contributed by atoms with Crippen LogP contribution in [-0.2, 0) is 6.61 Å². The number of hydrogen-bond acceptors (Lipinski definition) is 2. The van der Waals surface area contributed by atoms with Gasteiger partial charge in [0.15, 0.2) is 0 Å². The number of hydrogen-bond donors (Lipinski definition) is 1. The largest absolute Gasteiger partial charge is 0.392 e. The third-order valence-corrected chi connectivity index (χ3v) is 11.3. The minimum Gasteiger partial charge on any atom is -0.392 e. The van der Waals surface area contributed by atoms with Crippen LogP contribution in [-0.4, -0.2) is 17.7 Å². The highest BCUT2D eigenvalue weighted by molar-refractivity contribution is 7.74. The Morgan fingerprint density at radius 3 is 1.19 bits per heavy atom. The van der Waals surface area contributed by atoms with Crippen molar-refractivity contribution in [1.29, 1.82) is 0 Å². The lowest BCUT2D eigenvalue weighted by Crippen LogP contribution is -2.32. The first-order valence-electron chi connectivity index (χ1n) is 12.5. The van der Waals surface area contributed by atoms with Crippen LogP contribution in [0.5, 0.6) is 0 Å². The highest BCUT2D eigenvalue weighted by Gasteiger charge is 2.23. The van der Waals surface area contributed by atoms with Crippen LogP contribution in [0.1, 0.15) is 5.56 Å². The zero-order valence-corrected chi connectivity index (χ0v) is 22.6. The van der Waals surface area contributed by atoms with E-state index in [1.54, 1.807) is 0 Å². The van der Waals surface area contributed by atoms with Crippen LogP contribution in [0.25, 0.3) is 0 Å². The minimum atomic E-state index is -0.622. The van der Waals surface area contributed by atoms with Crippen molar-refractivity contribution in [2.75, 3.05) is 17.5 Å². The molecule has 0 spiro atoms. The SMILES string of the molecule is OCc1cccc(N(CP(c2ccccc2)c2ccccc2)CP(c2ccccc2)c2ccccc2)c1. The Morgan fingerprint density at radius 1 is 0.459 bits per heavy atom. The molecule has 0 fully saturated rings. The Balaban J connectivity index is 1.58. The van der Waals surface area contributed by atoms with E-state index in [1.165, 1.54) is 21.2 Å². The second kappa shape index (κ2) is 12.8. The maximum absolute atomic E-state index is 9.91. The van der Waals surface area contributed by atoms with Gasteiger partial charge < -0.3 is 10.0 Å². The second-order valence-corrected chi connectivity index (χ2v) is 13.2. The van der Waals surface area contributed by atoms with Crippen LogP contribution in [0.2, 0.25) is 0 Å². The Hall–Kier alpha value is -3.28. The predicted octanol–water partition coefficient (Wildman–Crippen LogP) is 6.17. The molecule has 184 valence electrons. The molecule has 5 aromatic rings. The van der Waals surface area contributed by atoms with E-state index in [4.69, 9.17) is 0 Å². The van der Waals surface area contributed by atoms with Crippen molar-refractivity contribution in [1.82, 2.24) is 0 Å². The van der Waals surface area contributed by atoms with Gasteiger partial charge in [0, 0.05) is 18.3 Å². The molecule has 0 aliphatic carbocycles. The predicted molar refractivity (Wildman–Crippen MR) is 163 cm³/mol. The molecule has 0 aliphatic rings. The van der Waals surface area contributed by atoms with Crippen LogP contribution in [0.3, 0.4) is 0 Å². The zero-order valence-electron chi connectivity index (χ0n) is 20.8. The monoisotopic (exact) mass is 519 g/mol. The van der Waals surface area contributed by atoms with E-state index in [9.17, 15) is 5.11 Å². The Kier molecular flexibility index (Phi) is 8.78. The molecule has 0 heterocycles. The van der Waals surface area contributed by atoms with Gasteiger partial charge in [0.25, 0.3) is 0 Å². The summed E-state index contributed by atoms with van der Waals surface area (Å²) in [6.45, 7) is 0.0416. The summed E-state index contributed by atoms with van der Waals surface area (Å²) < 4.78 is 0. The highest BCUT2D eigenvalue weighted by atomic mass is 31.1. The fourth-order valence-corrected chi connectivity index (χ4v) is 9.20. The van der Waals surface area contributed by atoms with Crippen LogP contribution in [0.4, 0.5) is 5.69 Å². The average Bonchev–Trinajstić information content (AvgIpc) is 2.99. The molecule has 0 saturated carbocycles.